The molecule has 3 N–H and O–H groups in total. The molecular weight excluding hydrogens is 236 g/mol. The maximum Gasteiger partial charge on any atom is 0.254 e. The summed E-state index contributed by atoms with van der Waals surface area (Å²) < 4.78 is 0. The van der Waals surface area contributed by atoms with Crippen molar-refractivity contribution in [1.82, 2.24) is 9.88 Å². The molecule has 2 rings (SSSR count). The van der Waals surface area contributed by atoms with Gasteiger partial charge >= 0.3 is 0 Å². The predicted octanol–water partition coefficient (Wildman–Crippen LogP) is 0.945. The fourth-order valence-corrected chi connectivity index (χ4v) is 3.11. The molecule has 6 heteroatoms. The van der Waals surface area contributed by atoms with Crippen LogP contribution in [0.1, 0.15) is 16.8 Å². The molecule has 1 unspecified atom stereocenters. The van der Waals surface area contributed by atoms with Crippen molar-refractivity contribution in [2.75, 3.05) is 24.0 Å². The van der Waals surface area contributed by atoms with E-state index in [0.717, 1.165) is 17.9 Å². The first-order chi connectivity index (χ1) is 8.22. The molecular formula is C11H16N4OS. The van der Waals surface area contributed by atoms with Crippen LogP contribution in [0.5, 0.6) is 0 Å². The van der Waals surface area contributed by atoms with Gasteiger partial charge in [0.2, 0.25) is 0 Å². The molecule has 1 aliphatic heterocycles. The topological polar surface area (TPSA) is 71.2 Å². The Hall–Kier alpha value is -1.27. The third-order valence-electron chi connectivity index (χ3n) is 2.93. The van der Waals surface area contributed by atoms with Crippen molar-refractivity contribution in [2.45, 2.75) is 12.5 Å². The van der Waals surface area contributed by atoms with Gasteiger partial charge in [-0.1, -0.05) is 0 Å². The Bertz CT molecular complexity index is 406. The molecule has 1 aliphatic rings. The molecule has 2 heterocycles. The Balaban J connectivity index is 2.12. The smallest absolute Gasteiger partial charge is 0.254 e. The van der Waals surface area contributed by atoms with Crippen molar-refractivity contribution in [3.05, 3.63) is 23.9 Å². The van der Waals surface area contributed by atoms with E-state index >= 15 is 0 Å². The molecule has 1 fully saturated rings. The van der Waals surface area contributed by atoms with Gasteiger partial charge < -0.3 is 10.3 Å². The van der Waals surface area contributed by atoms with Gasteiger partial charge in [0, 0.05) is 30.6 Å². The van der Waals surface area contributed by atoms with Crippen LogP contribution in [0.2, 0.25) is 0 Å². The van der Waals surface area contributed by atoms with Gasteiger partial charge in [-0.15, -0.1) is 0 Å². The first-order valence-corrected chi connectivity index (χ1v) is 6.65. The minimum atomic E-state index is 0.0244. The highest BCUT2D eigenvalue weighted by molar-refractivity contribution is 7.99. The van der Waals surface area contributed by atoms with Crippen LogP contribution in [0.25, 0.3) is 0 Å². The summed E-state index contributed by atoms with van der Waals surface area (Å²) in [6.07, 6.45) is 2.65. The second-order valence-electron chi connectivity index (χ2n) is 4.01. The largest absolute Gasteiger partial charge is 0.338 e. The summed E-state index contributed by atoms with van der Waals surface area (Å²) in [5.74, 6) is 7.96. The SMILES string of the molecule is CN(C(=O)c1ccnc(NN)c1)C1CCSC1. The van der Waals surface area contributed by atoms with Crippen molar-refractivity contribution in [2.24, 2.45) is 5.84 Å². The molecule has 0 saturated carbocycles. The number of hydrogen-bond acceptors (Lipinski definition) is 5. The number of carbonyl (C=O) groups is 1. The van der Waals surface area contributed by atoms with Crippen LogP contribution in [0, 0.1) is 0 Å². The van der Waals surface area contributed by atoms with Crippen LogP contribution in [0.4, 0.5) is 5.82 Å². The Kier molecular flexibility index (Phi) is 3.86. The summed E-state index contributed by atoms with van der Waals surface area (Å²) >= 11 is 1.89. The van der Waals surface area contributed by atoms with Gasteiger partial charge in [-0.2, -0.15) is 11.8 Å². The third kappa shape index (κ3) is 2.70. The zero-order valence-corrected chi connectivity index (χ0v) is 10.5. The Labute approximate surface area is 105 Å². The number of nitrogen functional groups attached to an aromatic ring is 1. The molecule has 1 saturated heterocycles. The van der Waals surface area contributed by atoms with Crippen LogP contribution in [-0.4, -0.2) is 40.4 Å². The average Bonchev–Trinajstić information content (AvgIpc) is 2.91. The van der Waals surface area contributed by atoms with Gasteiger partial charge in [-0.05, 0) is 24.3 Å². The van der Waals surface area contributed by atoms with Crippen LogP contribution < -0.4 is 11.3 Å². The molecule has 5 nitrogen and oxygen atoms in total. The molecule has 1 amide bonds. The summed E-state index contributed by atoms with van der Waals surface area (Å²) in [6, 6.07) is 3.72. The lowest BCUT2D eigenvalue weighted by atomic mass is 10.2. The van der Waals surface area contributed by atoms with Crippen molar-refractivity contribution in [3.63, 3.8) is 0 Å². The second kappa shape index (κ2) is 5.37. The summed E-state index contributed by atoms with van der Waals surface area (Å²) in [5, 5.41) is 0. The lowest BCUT2D eigenvalue weighted by molar-refractivity contribution is 0.0748. The fraction of sp³-hybridized carbons (Fsp3) is 0.455. The average molecular weight is 252 g/mol. The third-order valence-corrected chi connectivity index (χ3v) is 4.07. The van der Waals surface area contributed by atoms with Gasteiger partial charge in [0.15, 0.2) is 0 Å². The van der Waals surface area contributed by atoms with Gasteiger partial charge in [0.05, 0.1) is 0 Å². The molecule has 1 atom stereocenters. The van der Waals surface area contributed by atoms with E-state index in [2.05, 4.69) is 10.4 Å². The van der Waals surface area contributed by atoms with Gasteiger partial charge in [-0.25, -0.2) is 10.8 Å². The lowest BCUT2D eigenvalue weighted by Crippen LogP contribution is -2.37. The van der Waals surface area contributed by atoms with E-state index in [-0.39, 0.29) is 5.91 Å². The molecule has 92 valence electrons. The van der Waals surface area contributed by atoms with E-state index in [1.54, 1.807) is 18.3 Å². The van der Waals surface area contributed by atoms with E-state index in [1.165, 1.54) is 0 Å². The number of hydrazine groups is 1. The first-order valence-electron chi connectivity index (χ1n) is 5.50. The van der Waals surface area contributed by atoms with Gasteiger partial charge in [-0.3, -0.25) is 4.79 Å². The number of carbonyl (C=O) groups excluding carboxylic acids is 1. The highest BCUT2D eigenvalue weighted by Crippen LogP contribution is 2.22. The van der Waals surface area contributed by atoms with E-state index in [9.17, 15) is 4.79 Å². The van der Waals surface area contributed by atoms with E-state index < -0.39 is 0 Å². The first kappa shape index (κ1) is 12.2. The molecule has 1 aromatic rings. The minimum Gasteiger partial charge on any atom is -0.338 e. The summed E-state index contributed by atoms with van der Waals surface area (Å²) in [5.41, 5.74) is 3.06. The number of aromatic nitrogens is 1. The number of hydrogen-bond donors (Lipinski definition) is 2. The van der Waals surface area contributed by atoms with Crippen LogP contribution in [0.3, 0.4) is 0 Å². The number of amides is 1. The maximum atomic E-state index is 12.2. The number of thioether (sulfide) groups is 1. The van der Waals surface area contributed by atoms with Crippen molar-refractivity contribution < 1.29 is 4.79 Å². The zero-order chi connectivity index (χ0) is 12.3. The normalized spacial score (nSPS) is 19.1. The molecule has 17 heavy (non-hydrogen) atoms. The maximum absolute atomic E-state index is 12.2. The number of rotatable bonds is 3. The summed E-state index contributed by atoms with van der Waals surface area (Å²) in [7, 11) is 1.86. The quantitative estimate of drug-likeness (QED) is 0.619. The zero-order valence-electron chi connectivity index (χ0n) is 9.72. The standard InChI is InChI=1S/C11H16N4OS/c1-15(9-3-5-17-7-9)11(16)8-2-4-13-10(6-8)14-12/h2,4,6,9H,3,5,7,12H2,1H3,(H,13,14). The predicted molar refractivity (Wildman–Crippen MR) is 69.9 cm³/mol. The monoisotopic (exact) mass is 252 g/mol. The van der Waals surface area contributed by atoms with Crippen molar-refractivity contribution in [3.8, 4) is 0 Å². The van der Waals surface area contributed by atoms with E-state index in [0.29, 0.717) is 17.4 Å². The molecule has 0 bridgehead atoms. The number of anilines is 1. The Morgan fingerprint density at radius 3 is 3.18 bits per heavy atom. The number of pyridine rings is 1. The summed E-state index contributed by atoms with van der Waals surface area (Å²) in [4.78, 5) is 18.0. The Morgan fingerprint density at radius 2 is 2.53 bits per heavy atom. The minimum absolute atomic E-state index is 0.0244. The fourth-order valence-electron chi connectivity index (χ4n) is 1.84. The van der Waals surface area contributed by atoms with Crippen molar-refractivity contribution >= 4 is 23.5 Å². The van der Waals surface area contributed by atoms with Crippen LogP contribution in [0.15, 0.2) is 18.3 Å². The second-order valence-corrected chi connectivity index (χ2v) is 5.16. The number of nitrogens with two attached hydrogens (primary N) is 1. The van der Waals surface area contributed by atoms with Crippen LogP contribution >= 0.6 is 11.8 Å². The molecule has 0 radical (unpaired) electrons. The molecule has 0 aliphatic carbocycles. The van der Waals surface area contributed by atoms with E-state index in [4.69, 9.17) is 5.84 Å². The van der Waals surface area contributed by atoms with Crippen LogP contribution in [-0.2, 0) is 0 Å². The molecule has 0 aromatic carbocycles. The highest BCUT2D eigenvalue weighted by atomic mass is 32.2. The number of nitrogens with zero attached hydrogens (tertiary/aromatic N) is 2. The highest BCUT2D eigenvalue weighted by Gasteiger charge is 2.24. The molecule has 0 spiro atoms. The number of nitrogens with one attached hydrogen (secondary N) is 1. The molecule has 1 aromatic heterocycles. The summed E-state index contributed by atoms with van der Waals surface area (Å²) in [6.45, 7) is 0. The van der Waals surface area contributed by atoms with E-state index in [1.807, 2.05) is 23.7 Å². The lowest BCUT2D eigenvalue weighted by Gasteiger charge is -2.23. The van der Waals surface area contributed by atoms with Crippen molar-refractivity contribution in [1.29, 1.82) is 0 Å². The van der Waals surface area contributed by atoms with Gasteiger partial charge in [0.1, 0.15) is 5.82 Å². The van der Waals surface area contributed by atoms with Gasteiger partial charge in [0.25, 0.3) is 5.91 Å². The Morgan fingerprint density at radius 1 is 1.71 bits per heavy atom.